The number of hydrogen-bond acceptors (Lipinski definition) is 7. The number of rotatable bonds is 4. The van der Waals surface area contributed by atoms with Gasteiger partial charge in [0, 0.05) is 36.0 Å². The number of nitrogens with one attached hydrogen (secondary N) is 2. The lowest BCUT2D eigenvalue weighted by molar-refractivity contribution is 0.0964. The number of ketones is 1. The summed E-state index contributed by atoms with van der Waals surface area (Å²) in [5.74, 6) is 1.05. The third-order valence-corrected chi connectivity index (χ3v) is 5.95. The average molecular weight is 447 g/mol. The van der Waals surface area contributed by atoms with Crippen LogP contribution in [0.25, 0.3) is 17.0 Å². The predicted octanol–water partition coefficient (Wildman–Crippen LogP) is 2.04. The van der Waals surface area contributed by atoms with Crippen LogP contribution in [0.5, 0.6) is 11.5 Å². The van der Waals surface area contributed by atoms with E-state index in [-0.39, 0.29) is 29.6 Å². The van der Waals surface area contributed by atoms with Crippen LogP contribution >= 0.6 is 0 Å². The molecule has 10 heteroatoms. The average Bonchev–Trinajstić information content (AvgIpc) is 3.14. The minimum absolute atomic E-state index is 0.0623. The minimum Gasteiger partial charge on any atom is -0.497 e. The normalized spacial score (nSPS) is 15.5. The molecule has 33 heavy (non-hydrogen) atoms. The van der Waals surface area contributed by atoms with Crippen molar-refractivity contribution in [1.29, 1.82) is 0 Å². The summed E-state index contributed by atoms with van der Waals surface area (Å²) in [7, 11) is 3.14. The SMILES string of the molecule is COc1ccc(C2CC(=O)c3cnc4[nH]n(-c5nc(C)cc(=O)[nH]5)c(=O)c4c3C2)c(OC)c1. The molecule has 2 N–H and O–H groups in total. The van der Waals surface area contributed by atoms with Gasteiger partial charge in [-0.25, -0.2) is 9.97 Å². The van der Waals surface area contributed by atoms with E-state index in [1.807, 2.05) is 12.1 Å². The lowest BCUT2D eigenvalue weighted by Crippen LogP contribution is -2.24. The molecule has 4 aromatic rings. The number of Topliss-reactive ketones (excluding diaryl/α,β-unsaturated/α-hetero) is 1. The molecule has 1 aliphatic rings. The van der Waals surface area contributed by atoms with Crippen molar-refractivity contribution in [3.05, 3.63) is 73.6 Å². The Morgan fingerprint density at radius 2 is 1.91 bits per heavy atom. The number of methoxy groups -OCH3 is 2. The van der Waals surface area contributed by atoms with Crippen LogP contribution in [0.3, 0.4) is 0 Å². The van der Waals surface area contributed by atoms with Crippen LogP contribution in [0.2, 0.25) is 0 Å². The van der Waals surface area contributed by atoms with Crippen molar-refractivity contribution < 1.29 is 14.3 Å². The first-order valence-electron chi connectivity index (χ1n) is 10.4. The molecule has 5 rings (SSSR count). The van der Waals surface area contributed by atoms with E-state index < -0.39 is 5.56 Å². The van der Waals surface area contributed by atoms with Gasteiger partial charge in [-0.3, -0.25) is 24.5 Å². The lowest BCUT2D eigenvalue weighted by atomic mass is 9.79. The molecule has 0 bridgehead atoms. The van der Waals surface area contributed by atoms with Gasteiger partial charge < -0.3 is 9.47 Å². The van der Waals surface area contributed by atoms with Gasteiger partial charge in [0.2, 0.25) is 5.95 Å². The summed E-state index contributed by atoms with van der Waals surface area (Å²) in [6.07, 6.45) is 2.22. The zero-order valence-corrected chi connectivity index (χ0v) is 18.3. The second kappa shape index (κ2) is 7.73. The first-order chi connectivity index (χ1) is 15.9. The van der Waals surface area contributed by atoms with Crippen molar-refractivity contribution >= 4 is 16.8 Å². The van der Waals surface area contributed by atoms with Crippen molar-refractivity contribution in [3.8, 4) is 17.4 Å². The molecule has 0 amide bonds. The highest BCUT2D eigenvalue weighted by Crippen LogP contribution is 2.39. The van der Waals surface area contributed by atoms with Gasteiger partial charge >= 0.3 is 0 Å². The molecule has 10 nitrogen and oxygen atoms in total. The topological polar surface area (TPSA) is 132 Å². The predicted molar refractivity (Wildman–Crippen MR) is 120 cm³/mol. The number of fused-ring (bicyclic) bond motifs is 3. The summed E-state index contributed by atoms with van der Waals surface area (Å²) in [4.78, 5) is 49.4. The van der Waals surface area contributed by atoms with Gasteiger partial charge in [0.15, 0.2) is 11.4 Å². The molecule has 0 spiro atoms. The third-order valence-electron chi connectivity index (χ3n) is 5.95. The zero-order chi connectivity index (χ0) is 23.3. The van der Waals surface area contributed by atoms with Crippen LogP contribution in [-0.4, -0.2) is 44.7 Å². The number of H-pyrrole nitrogens is 2. The molecule has 0 saturated carbocycles. The number of pyridine rings is 1. The van der Waals surface area contributed by atoms with E-state index >= 15 is 0 Å². The van der Waals surface area contributed by atoms with Gasteiger partial charge in [-0.15, -0.1) is 0 Å². The molecule has 168 valence electrons. The monoisotopic (exact) mass is 447 g/mol. The van der Waals surface area contributed by atoms with Crippen molar-refractivity contribution in [2.75, 3.05) is 14.2 Å². The second-order valence-electron chi connectivity index (χ2n) is 7.97. The van der Waals surface area contributed by atoms with Gasteiger partial charge in [-0.2, -0.15) is 4.68 Å². The van der Waals surface area contributed by atoms with E-state index in [0.29, 0.717) is 45.8 Å². The van der Waals surface area contributed by atoms with Crippen LogP contribution in [0.1, 0.15) is 39.5 Å². The van der Waals surface area contributed by atoms with Crippen molar-refractivity contribution in [2.24, 2.45) is 0 Å². The van der Waals surface area contributed by atoms with E-state index in [2.05, 4.69) is 20.1 Å². The van der Waals surface area contributed by atoms with Gasteiger partial charge in [-0.1, -0.05) is 6.07 Å². The Balaban J connectivity index is 1.66. The molecule has 1 atom stereocenters. The Morgan fingerprint density at radius 1 is 1.09 bits per heavy atom. The van der Waals surface area contributed by atoms with Gasteiger partial charge in [0.25, 0.3) is 11.1 Å². The van der Waals surface area contributed by atoms with Crippen LogP contribution in [0.15, 0.2) is 40.1 Å². The highest BCUT2D eigenvalue weighted by Gasteiger charge is 2.31. The summed E-state index contributed by atoms with van der Waals surface area (Å²) in [5.41, 5.74) is 1.89. The first kappa shape index (κ1) is 20.7. The smallest absolute Gasteiger partial charge is 0.283 e. The Bertz CT molecular complexity index is 1530. The number of aromatic amines is 2. The van der Waals surface area contributed by atoms with Gasteiger partial charge in [0.1, 0.15) is 11.5 Å². The Hall–Kier alpha value is -4.21. The van der Waals surface area contributed by atoms with Crippen LogP contribution < -0.4 is 20.6 Å². The molecule has 0 fully saturated rings. The van der Waals surface area contributed by atoms with E-state index in [1.165, 1.54) is 12.3 Å². The van der Waals surface area contributed by atoms with E-state index in [4.69, 9.17) is 9.47 Å². The number of benzene rings is 1. The number of nitrogens with zero attached hydrogens (tertiary/aromatic N) is 3. The van der Waals surface area contributed by atoms with Crippen molar-refractivity contribution in [3.63, 3.8) is 0 Å². The summed E-state index contributed by atoms with van der Waals surface area (Å²) < 4.78 is 12.0. The molecule has 1 unspecified atom stereocenters. The first-order valence-corrected chi connectivity index (χ1v) is 10.4. The largest absolute Gasteiger partial charge is 0.497 e. The van der Waals surface area contributed by atoms with E-state index in [1.54, 1.807) is 27.2 Å². The molecule has 0 radical (unpaired) electrons. The maximum Gasteiger partial charge on any atom is 0.283 e. The summed E-state index contributed by atoms with van der Waals surface area (Å²) in [6.45, 7) is 1.66. The van der Waals surface area contributed by atoms with Crippen molar-refractivity contribution in [1.82, 2.24) is 24.7 Å². The summed E-state index contributed by atoms with van der Waals surface area (Å²) in [5, 5.41) is 3.21. The highest BCUT2D eigenvalue weighted by atomic mass is 16.5. The number of aromatic nitrogens is 5. The Labute approximate surface area is 187 Å². The zero-order valence-electron chi connectivity index (χ0n) is 18.3. The maximum atomic E-state index is 13.4. The lowest BCUT2D eigenvalue weighted by Gasteiger charge is -2.25. The fourth-order valence-electron chi connectivity index (χ4n) is 4.43. The Kier molecular flexibility index (Phi) is 4.85. The molecule has 0 saturated heterocycles. The number of ether oxygens (including phenoxy) is 2. The van der Waals surface area contributed by atoms with Gasteiger partial charge in [0.05, 0.1) is 19.6 Å². The van der Waals surface area contributed by atoms with Gasteiger partial charge in [-0.05, 0) is 36.5 Å². The molecule has 0 aliphatic heterocycles. The number of carbonyl (C=O) groups is 1. The molecular weight excluding hydrogens is 426 g/mol. The maximum absolute atomic E-state index is 13.4. The van der Waals surface area contributed by atoms with Crippen molar-refractivity contribution in [2.45, 2.75) is 25.7 Å². The summed E-state index contributed by atoms with van der Waals surface area (Å²) >= 11 is 0. The highest BCUT2D eigenvalue weighted by molar-refractivity contribution is 6.02. The molecule has 3 heterocycles. The molecule has 1 aromatic carbocycles. The second-order valence-corrected chi connectivity index (χ2v) is 7.97. The molecule has 1 aliphatic carbocycles. The van der Waals surface area contributed by atoms with E-state index in [9.17, 15) is 14.4 Å². The number of hydrogen-bond donors (Lipinski definition) is 2. The molecular formula is C23H21N5O5. The quantitative estimate of drug-likeness (QED) is 0.489. The number of carbonyl (C=O) groups excluding carboxylic acids is 1. The fraction of sp³-hybridized carbons (Fsp3) is 0.261. The van der Waals surface area contributed by atoms with Crippen LogP contribution in [0.4, 0.5) is 0 Å². The van der Waals surface area contributed by atoms with Crippen LogP contribution in [0, 0.1) is 6.92 Å². The molecule has 3 aromatic heterocycles. The Morgan fingerprint density at radius 3 is 2.64 bits per heavy atom. The third kappa shape index (κ3) is 3.39. The number of aryl methyl sites for hydroxylation is 1. The van der Waals surface area contributed by atoms with Crippen LogP contribution in [-0.2, 0) is 6.42 Å². The minimum atomic E-state index is -0.432. The van der Waals surface area contributed by atoms with E-state index in [0.717, 1.165) is 10.2 Å². The standard InChI is InChI=1S/C23H21N5O5/c1-11-6-19(30)26-23(25-11)28-22(31)20-15-7-12(8-17(29)16(15)10-24-21(20)27-28)14-5-4-13(32-2)9-18(14)33-3/h4-6,9-10,12H,7-8H2,1-3H3,(H,24,27)(H,25,26,30). The fourth-order valence-corrected chi connectivity index (χ4v) is 4.43. The summed E-state index contributed by atoms with van der Waals surface area (Å²) in [6, 6.07) is 6.82.